The van der Waals surface area contributed by atoms with Gasteiger partial charge in [-0.15, -0.1) is 0 Å². The number of hydrogen-bond acceptors (Lipinski definition) is 4. The van der Waals surface area contributed by atoms with Gasteiger partial charge in [-0.05, 0) is 18.2 Å². The van der Waals surface area contributed by atoms with Crippen molar-refractivity contribution in [3.8, 4) is 11.8 Å². The molecule has 0 unspecified atom stereocenters. The van der Waals surface area contributed by atoms with Crippen molar-refractivity contribution in [3.63, 3.8) is 0 Å². The third-order valence-corrected chi connectivity index (χ3v) is 3.77. The smallest absolute Gasteiger partial charge is 0.280 e. The van der Waals surface area contributed by atoms with Gasteiger partial charge in [0.2, 0.25) is 0 Å². The van der Waals surface area contributed by atoms with Gasteiger partial charge in [0.25, 0.3) is 10.0 Å². The van der Waals surface area contributed by atoms with Crippen molar-refractivity contribution in [2.45, 2.75) is 5.03 Å². The standard InChI is InChI=1S/C13H13FN4O2S/c1-18-8-13(16-9-18)21(19,20)17-11-4-5-12(14)10(7-11)3-2-6-15/h4-5,7-9,17H,6,15H2,1H3. The van der Waals surface area contributed by atoms with E-state index in [0.29, 0.717) is 0 Å². The van der Waals surface area contributed by atoms with Crippen molar-refractivity contribution < 1.29 is 12.8 Å². The lowest BCUT2D eigenvalue weighted by Crippen LogP contribution is -2.13. The predicted molar refractivity (Wildman–Crippen MR) is 76.3 cm³/mol. The molecule has 0 amide bonds. The number of anilines is 1. The van der Waals surface area contributed by atoms with Crippen LogP contribution in [0.3, 0.4) is 0 Å². The van der Waals surface area contributed by atoms with E-state index in [1.54, 1.807) is 7.05 Å². The summed E-state index contributed by atoms with van der Waals surface area (Å²) in [6, 6.07) is 3.75. The fourth-order valence-electron chi connectivity index (χ4n) is 1.57. The molecule has 0 saturated heterocycles. The van der Waals surface area contributed by atoms with Gasteiger partial charge in [0, 0.05) is 13.2 Å². The Morgan fingerprint density at radius 3 is 2.86 bits per heavy atom. The lowest BCUT2D eigenvalue weighted by atomic mass is 10.2. The largest absolute Gasteiger partial charge is 0.339 e. The molecule has 1 aromatic carbocycles. The number of benzene rings is 1. The summed E-state index contributed by atoms with van der Waals surface area (Å²) >= 11 is 0. The molecule has 0 radical (unpaired) electrons. The molecule has 2 rings (SSSR count). The second kappa shape index (κ2) is 5.95. The van der Waals surface area contributed by atoms with Crippen LogP contribution in [0.15, 0.2) is 35.7 Å². The summed E-state index contributed by atoms with van der Waals surface area (Å²) < 4.78 is 41.5. The van der Waals surface area contributed by atoms with E-state index in [1.807, 2.05) is 0 Å². The Kier molecular flexibility index (Phi) is 4.26. The van der Waals surface area contributed by atoms with Gasteiger partial charge in [-0.3, -0.25) is 4.72 Å². The van der Waals surface area contributed by atoms with Gasteiger partial charge in [0.1, 0.15) is 5.82 Å². The molecule has 0 aliphatic rings. The molecule has 0 aliphatic carbocycles. The van der Waals surface area contributed by atoms with Crippen molar-refractivity contribution in [2.24, 2.45) is 12.8 Å². The van der Waals surface area contributed by atoms with Gasteiger partial charge in [-0.25, -0.2) is 9.37 Å². The molecule has 0 aliphatic heterocycles. The molecule has 0 spiro atoms. The SMILES string of the molecule is Cn1cnc(S(=O)(=O)Nc2ccc(F)c(C#CCN)c2)c1. The second-order valence-electron chi connectivity index (χ2n) is 4.18. The highest BCUT2D eigenvalue weighted by molar-refractivity contribution is 7.92. The molecular weight excluding hydrogens is 295 g/mol. The van der Waals surface area contributed by atoms with E-state index in [2.05, 4.69) is 21.5 Å². The number of hydrogen-bond donors (Lipinski definition) is 2. The van der Waals surface area contributed by atoms with Gasteiger partial charge in [-0.2, -0.15) is 8.42 Å². The number of halogens is 1. The fourth-order valence-corrected chi connectivity index (χ4v) is 2.60. The Morgan fingerprint density at radius 1 is 1.48 bits per heavy atom. The Bertz CT molecular complexity index is 818. The van der Waals surface area contributed by atoms with Crippen molar-refractivity contribution in [1.29, 1.82) is 0 Å². The van der Waals surface area contributed by atoms with E-state index in [1.165, 1.54) is 29.2 Å². The van der Waals surface area contributed by atoms with E-state index >= 15 is 0 Å². The number of nitrogens with zero attached hydrogens (tertiary/aromatic N) is 2. The Hall–Kier alpha value is -2.37. The van der Waals surface area contributed by atoms with Crippen LogP contribution in [0, 0.1) is 17.7 Å². The highest BCUT2D eigenvalue weighted by Crippen LogP contribution is 2.17. The average Bonchev–Trinajstić information content (AvgIpc) is 2.86. The third kappa shape index (κ3) is 3.59. The Balaban J connectivity index is 2.31. The van der Waals surface area contributed by atoms with Crippen LogP contribution >= 0.6 is 0 Å². The summed E-state index contributed by atoms with van der Waals surface area (Å²) in [6.07, 6.45) is 2.73. The zero-order valence-electron chi connectivity index (χ0n) is 11.2. The summed E-state index contributed by atoms with van der Waals surface area (Å²) in [5.74, 6) is 4.51. The number of nitrogens with two attached hydrogens (primary N) is 1. The zero-order chi connectivity index (χ0) is 15.5. The summed E-state index contributed by atoms with van der Waals surface area (Å²) in [7, 11) is -2.16. The Labute approximate surface area is 121 Å². The minimum Gasteiger partial charge on any atom is -0.339 e. The predicted octanol–water partition coefficient (Wildman–Crippen LogP) is 0.670. The first-order chi connectivity index (χ1) is 9.92. The van der Waals surface area contributed by atoms with E-state index in [0.717, 1.165) is 6.07 Å². The number of aromatic nitrogens is 2. The van der Waals surface area contributed by atoms with Crippen LogP contribution in [-0.2, 0) is 17.1 Å². The first-order valence-corrected chi connectivity index (χ1v) is 7.40. The maximum atomic E-state index is 13.5. The first-order valence-electron chi connectivity index (χ1n) is 5.91. The molecular formula is C13H13FN4O2S. The molecule has 0 bridgehead atoms. The first kappa shape index (κ1) is 15.0. The average molecular weight is 308 g/mol. The topological polar surface area (TPSA) is 90.0 Å². The summed E-state index contributed by atoms with van der Waals surface area (Å²) in [6.45, 7) is 0.0866. The van der Waals surface area contributed by atoms with E-state index in [-0.39, 0.29) is 22.8 Å². The number of aryl methyl sites for hydroxylation is 1. The van der Waals surface area contributed by atoms with Gasteiger partial charge in [0.15, 0.2) is 5.03 Å². The molecule has 0 saturated carbocycles. The molecule has 0 fully saturated rings. The third-order valence-electron chi connectivity index (χ3n) is 2.50. The van der Waals surface area contributed by atoms with Crippen LogP contribution in [0.1, 0.15) is 5.56 Å². The highest BCUT2D eigenvalue weighted by Gasteiger charge is 2.17. The maximum absolute atomic E-state index is 13.5. The van der Waals surface area contributed by atoms with Gasteiger partial charge < -0.3 is 10.3 Å². The van der Waals surface area contributed by atoms with Crippen LogP contribution in [0.4, 0.5) is 10.1 Å². The Morgan fingerprint density at radius 2 is 2.24 bits per heavy atom. The van der Waals surface area contributed by atoms with Crippen LogP contribution in [0.2, 0.25) is 0 Å². The lowest BCUT2D eigenvalue weighted by molar-refractivity contribution is 0.598. The number of imidazole rings is 1. The minimum absolute atomic E-state index is 0.0710. The summed E-state index contributed by atoms with van der Waals surface area (Å²) in [5, 5.41) is -0.121. The molecule has 21 heavy (non-hydrogen) atoms. The van der Waals surface area contributed by atoms with Crippen molar-refractivity contribution in [2.75, 3.05) is 11.3 Å². The molecule has 8 heteroatoms. The van der Waals surface area contributed by atoms with Crippen molar-refractivity contribution >= 4 is 15.7 Å². The quantitative estimate of drug-likeness (QED) is 0.816. The summed E-state index contributed by atoms with van der Waals surface area (Å²) in [4.78, 5) is 3.77. The fraction of sp³-hybridized carbons (Fsp3) is 0.154. The monoisotopic (exact) mass is 308 g/mol. The van der Waals surface area contributed by atoms with Crippen LogP contribution in [-0.4, -0.2) is 24.5 Å². The molecule has 0 atom stereocenters. The van der Waals surface area contributed by atoms with E-state index < -0.39 is 15.8 Å². The highest BCUT2D eigenvalue weighted by atomic mass is 32.2. The van der Waals surface area contributed by atoms with E-state index in [4.69, 9.17) is 5.73 Å². The zero-order valence-corrected chi connectivity index (χ0v) is 12.0. The maximum Gasteiger partial charge on any atom is 0.280 e. The van der Waals surface area contributed by atoms with Crippen molar-refractivity contribution in [3.05, 3.63) is 42.1 Å². The molecule has 2 aromatic rings. The molecule has 1 aromatic heterocycles. The molecule has 110 valence electrons. The number of rotatable bonds is 3. The van der Waals surface area contributed by atoms with Crippen LogP contribution in [0.5, 0.6) is 0 Å². The summed E-state index contributed by atoms with van der Waals surface area (Å²) in [5.41, 5.74) is 5.49. The second-order valence-corrected chi connectivity index (χ2v) is 5.81. The van der Waals surface area contributed by atoms with Crippen LogP contribution in [0.25, 0.3) is 0 Å². The lowest BCUT2D eigenvalue weighted by Gasteiger charge is -2.06. The number of sulfonamides is 1. The molecule has 3 N–H and O–H groups in total. The number of nitrogens with one attached hydrogen (secondary N) is 1. The van der Waals surface area contributed by atoms with Gasteiger partial charge >= 0.3 is 0 Å². The van der Waals surface area contributed by atoms with Crippen LogP contribution < -0.4 is 10.5 Å². The van der Waals surface area contributed by atoms with Crippen molar-refractivity contribution in [1.82, 2.24) is 9.55 Å². The molecule has 6 nitrogen and oxygen atoms in total. The normalized spacial score (nSPS) is 10.8. The van der Waals surface area contributed by atoms with Gasteiger partial charge in [-0.1, -0.05) is 11.8 Å². The minimum atomic E-state index is -3.82. The van der Waals surface area contributed by atoms with Gasteiger partial charge in [0.05, 0.1) is 24.1 Å². The van der Waals surface area contributed by atoms with E-state index in [9.17, 15) is 12.8 Å². The molecule has 1 heterocycles.